The van der Waals surface area contributed by atoms with Crippen molar-refractivity contribution < 1.29 is 18.3 Å². The molecule has 0 fully saturated rings. The van der Waals surface area contributed by atoms with E-state index in [0.717, 1.165) is 0 Å². The van der Waals surface area contributed by atoms with E-state index < -0.39 is 21.2 Å². The van der Waals surface area contributed by atoms with E-state index in [4.69, 9.17) is 4.74 Å². The molecule has 1 aromatic carbocycles. The lowest BCUT2D eigenvalue weighted by Gasteiger charge is -2.21. The predicted molar refractivity (Wildman–Crippen MR) is 71.5 cm³/mol. The lowest BCUT2D eigenvalue weighted by Crippen LogP contribution is -2.29. The maximum Gasteiger partial charge on any atom is 0.155 e. The molecular weight excluding hydrogens is 252 g/mol. The third-order valence-electron chi connectivity index (χ3n) is 3.08. The van der Waals surface area contributed by atoms with Gasteiger partial charge in [0.05, 0.1) is 18.5 Å². The number of rotatable bonds is 6. The fourth-order valence-corrected chi connectivity index (χ4v) is 3.39. The second-order valence-corrected chi connectivity index (χ2v) is 6.62. The van der Waals surface area contributed by atoms with E-state index in [1.165, 1.54) is 0 Å². The van der Waals surface area contributed by atoms with Crippen LogP contribution >= 0.6 is 0 Å². The number of aliphatic hydroxyl groups excluding tert-OH is 1. The minimum Gasteiger partial charge on any atom is -0.497 e. The van der Waals surface area contributed by atoms with Gasteiger partial charge in [-0.15, -0.1) is 0 Å². The Bertz CT molecular complexity index is 464. The van der Waals surface area contributed by atoms with Crippen LogP contribution in [0.2, 0.25) is 0 Å². The Labute approximate surface area is 109 Å². The van der Waals surface area contributed by atoms with Crippen molar-refractivity contribution >= 4 is 9.84 Å². The summed E-state index contributed by atoms with van der Waals surface area (Å²) in [5.74, 6) is 0.718. The molecule has 0 aliphatic rings. The fourth-order valence-electron chi connectivity index (χ4n) is 1.90. The van der Waals surface area contributed by atoms with Gasteiger partial charge in [0.1, 0.15) is 5.75 Å². The number of hydrogen-bond acceptors (Lipinski definition) is 4. The van der Waals surface area contributed by atoms with Gasteiger partial charge in [-0.2, -0.15) is 0 Å². The highest BCUT2D eigenvalue weighted by molar-refractivity contribution is 7.92. The number of aliphatic hydroxyl groups is 1. The molecule has 0 saturated carbocycles. The lowest BCUT2D eigenvalue weighted by atomic mass is 10.0. The Balaban J connectivity index is 3.00. The predicted octanol–water partition coefficient (Wildman–Crippen LogP) is 1.94. The first-order valence-electron chi connectivity index (χ1n) is 5.99. The quantitative estimate of drug-likeness (QED) is 0.859. The Morgan fingerprint density at radius 2 is 1.78 bits per heavy atom. The van der Waals surface area contributed by atoms with E-state index in [-0.39, 0.29) is 5.75 Å². The number of benzene rings is 1. The summed E-state index contributed by atoms with van der Waals surface area (Å²) >= 11 is 0. The highest BCUT2D eigenvalue weighted by Crippen LogP contribution is 2.26. The molecule has 5 heteroatoms. The number of sulfone groups is 1. The smallest absolute Gasteiger partial charge is 0.155 e. The Hall–Kier alpha value is -1.07. The van der Waals surface area contributed by atoms with Gasteiger partial charge in [-0.25, -0.2) is 8.42 Å². The van der Waals surface area contributed by atoms with Gasteiger partial charge >= 0.3 is 0 Å². The van der Waals surface area contributed by atoms with Crippen LogP contribution < -0.4 is 4.74 Å². The summed E-state index contributed by atoms with van der Waals surface area (Å²) in [4.78, 5) is 0. The van der Waals surface area contributed by atoms with Gasteiger partial charge in [-0.1, -0.05) is 26.0 Å². The first-order chi connectivity index (χ1) is 8.46. The summed E-state index contributed by atoms with van der Waals surface area (Å²) in [6, 6.07) is 6.81. The number of ether oxygens (including phenoxy) is 1. The van der Waals surface area contributed by atoms with Crippen LogP contribution in [0.1, 0.15) is 31.9 Å². The molecule has 0 aromatic heterocycles. The SMILES string of the molecule is CC[C@@H]([C@H](O)c1ccc(OC)cc1)S(=O)(=O)CC. The van der Waals surface area contributed by atoms with Gasteiger partial charge in [0, 0.05) is 5.75 Å². The zero-order chi connectivity index (χ0) is 13.8. The third-order valence-corrected chi connectivity index (χ3v) is 5.39. The van der Waals surface area contributed by atoms with Crippen LogP contribution in [-0.4, -0.2) is 31.6 Å². The van der Waals surface area contributed by atoms with Crippen LogP contribution in [0.15, 0.2) is 24.3 Å². The van der Waals surface area contributed by atoms with Crippen LogP contribution in [-0.2, 0) is 9.84 Å². The highest BCUT2D eigenvalue weighted by Gasteiger charge is 2.30. The molecule has 0 saturated heterocycles. The molecular formula is C13H20O4S. The minimum atomic E-state index is -3.25. The summed E-state index contributed by atoms with van der Waals surface area (Å²) in [6.07, 6.45) is -0.602. The molecule has 0 bridgehead atoms. The molecule has 0 heterocycles. The van der Waals surface area contributed by atoms with Gasteiger partial charge in [-0.05, 0) is 24.1 Å². The van der Waals surface area contributed by atoms with E-state index in [0.29, 0.717) is 17.7 Å². The van der Waals surface area contributed by atoms with Gasteiger partial charge in [-0.3, -0.25) is 0 Å². The van der Waals surface area contributed by atoms with Crippen LogP contribution in [0, 0.1) is 0 Å². The molecule has 18 heavy (non-hydrogen) atoms. The third kappa shape index (κ3) is 3.23. The highest BCUT2D eigenvalue weighted by atomic mass is 32.2. The van der Waals surface area contributed by atoms with Crippen LogP contribution in [0.4, 0.5) is 0 Å². The van der Waals surface area contributed by atoms with Gasteiger partial charge in [0.25, 0.3) is 0 Å². The van der Waals surface area contributed by atoms with E-state index >= 15 is 0 Å². The molecule has 1 N–H and O–H groups in total. The van der Waals surface area contributed by atoms with E-state index in [9.17, 15) is 13.5 Å². The van der Waals surface area contributed by atoms with Crippen LogP contribution in [0.3, 0.4) is 0 Å². The van der Waals surface area contributed by atoms with Crippen molar-refractivity contribution in [3.8, 4) is 5.75 Å². The summed E-state index contributed by atoms with van der Waals surface area (Å²) in [7, 11) is -1.70. The van der Waals surface area contributed by atoms with Crippen LogP contribution in [0.25, 0.3) is 0 Å². The number of methoxy groups -OCH3 is 1. The second-order valence-electron chi connectivity index (χ2n) is 4.12. The molecule has 0 spiro atoms. The zero-order valence-corrected chi connectivity index (χ0v) is 11.8. The van der Waals surface area contributed by atoms with Crippen molar-refractivity contribution in [3.63, 3.8) is 0 Å². The van der Waals surface area contributed by atoms with Gasteiger partial charge < -0.3 is 9.84 Å². The van der Waals surface area contributed by atoms with E-state index in [1.807, 2.05) is 0 Å². The molecule has 0 amide bonds. The topological polar surface area (TPSA) is 63.6 Å². The molecule has 0 radical (unpaired) electrons. The molecule has 1 rings (SSSR count). The second kappa shape index (κ2) is 6.20. The Kier molecular flexibility index (Phi) is 5.16. The Morgan fingerprint density at radius 1 is 1.22 bits per heavy atom. The van der Waals surface area contributed by atoms with Crippen LogP contribution in [0.5, 0.6) is 5.75 Å². The maximum absolute atomic E-state index is 11.9. The largest absolute Gasteiger partial charge is 0.497 e. The van der Waals surface area contributed by atoms with Crippen molar-refractivity contribution in [2.75, 3.05) is 12.9 Å². The van der Waals surface area contributed by atoms with Crippen molar-refractivity contribution in [2.24, 2.45) is 0 Å². The molecule has 0 aliphatic carbocycles. The summed E-state index contributed by atoms with van der Waals surface area (Å²) in [5, 5.41) is 9.44. The summed E-state index contributed by atoms with van der Waals surface area (Å²) in [6.45, 7) is 3.36. The molecule has 102 valence electrons. The zero-order valence-electron chi connectivity index (χ0n) is 11.0. The molecule has 0 unspecified atom stereocenters. The monoisotopic (exact) mass is 272 g/mol. The molecule has 0 aliphatic heterocycles. The molecule has 2 atom stereocenters. The van der Waals surface area contributed by atoms with Gasteiger partial charge in [0.15, 0.2) is 9.84 Å². The first kappa shape index (κ1) is 15.0. The lowest BCUT2D eigenvalue weighted by molar-refractivity contribution is 0.169. The van der Waals surface area contributed by atoms with E-state index in [2.05, 4.69) is 0 Å². The average Bonchev–Trinajstić information content (AvgIpc) is 2.39. The molecule has 1 aromatic rings. The van der Waals surface area contributed by atoms with E-state index in [1.54, 1.807) is 45.2 Å². The summed E-state index contributed by atoms with van der Waals surface area (Å²) in [5.41, 5.74) is 0.597. The Morgan fingerprint density at radius 3 is 2.17 bits per heavy atom. The standard InChI is InChI=1S/C13H20O4S/c1-4-12(18(15,16)5-2)13(14)10-6-8-11(17-3)9-7-10/h6-9,12-14H,4-5H2,1-3H3/t12-,13+/m0/s1. The van der Waals surface area contributed by atoms with Crippen molar-refractivity contribution in [2.45, 2.75) is 31.6 Å². The average molecular weight is 272 g/mol. The van der Waals surface area contributed by atoms with Crippen molar-refractivity contribution in [3.05, 3.63) is 29.8 Å². The fraction of sp³-hybridized carbons (Fsp3) is 0.538. The maximum atomic E-state index is 11.9. The molecule has 4 nitrogen and oxygen atoms in total. The van der Waals surface area contributed by atoms with Gasteiger partial charge in [0.2, 0.25) is 0 Å². The van der Waals surface area contributed by atoms with Crippen molar-refractivity contribution in [1.29, 1.82) is 0 Å². The first-order valence-corrected chi connectivity index (χ1v) is 7.71. The van der Waals surface area contributed by atoms with Crippen molar-refractivity contribution in [1.82, 2.24) is 0 Å². The minimum absolute atomic E-state index is 0.0404. The number of hydrogen-bond donors (Lipinski definition) is 1. The normalized spacial score (nSPS) is 15.1. The summed E-state index contributed by atoms with van der Waals surface area (Å²) < 4.78 is 28.8.